The minimum Gasteiger partial charge on any atom is -0.370 e. The van der Waals surface area contributed by atoms with Crippen molar-refractivity contribution < 1.29 is 21.6 Å². The van der Waals surface area contributed by atoms with Gasteiger partial charge < -0.3 is 9.88 Å². The Balaban J connectivity index is 2.29. The van der Waals surface area contributed by atoms with E-state index in [0.29, 0.717) is 18.9 Å². The lowest BCUT2D eigenvalue weighted by Crippen LogP contribution is -2.23. The maximum absolute atomic E-state index is 13.3. The lowest BCUT2D eigenvalue weighted by Gasteiger charge is -2.12. The van der Waals surface area contributed by atoms with Gasteiger partial charge in [0.05, 0.1) is 29.1 Å². The number of amidine groups is 1. The van der Waals surface area contributed by atoms with E-state index < -0.39 is 21.6 Å². The van der Waals surface area contributed by atoms with Gasteiger partial charge in [-0.25, -0.2) is 8.42 Å². The molecule has 0 atom stereocenters. The number of rotatable bonds is 3. The molecule has 23 heavy (non-hydrogen) atoms. The molecule has 0 aliphatic carbocycles. The summed E-state index contributed by atoms with van der Waals surface area (Å²) < 4.78 is 65.1. The minimum absolute atomic E-state index is 0.0686. The number of aromatic nitrogens is 1. The highest BCUT2D eigenvalue weighted by molar-refractivity contribution is 7.91. The molecule has 9 heteroatoms. The van der Waals surface area contributed by atoms with Crippen LogP contribution < -0.4 is 5.32 Å². The Bertz CT molecular complexity index is 898. The third kappa shape index (κ3) is 2.92. The maximum Gasteiger partial charge on any atom is 0.418 e. The van der Waals surface area contributed by atoms with Gasteiger partial charge in [-0.1, -0.05) is 12.1 Å². The van der Waals surface area contributed by atoms with E-state index in [1.807, 2.05) is 0 Å². The number of alkyl halides is 3. The van der Waals surface area contributed by atoms with Crippen LogP contribution >= 0.6 is 0 Å². The van der Waals surface area contributed by atoms with Gasteiger partial charge in [0, 0.05) is 24.4 Å². The standard InChI is InChI=1S/C14H14F3N3O2S/c1-23(21,22)11-7-20(8-12-18-5-6-19-12)13-9(11)3-2-4-10(13)14(15,16)17/h2-4,7H,5-6,8H2,1H3,(H,18,19). The van der Waals surface area contributed by atoms with Crippen LogP contribution in [0, 0.1) is 0 Å². The fraction of sp³-hybridized carbons (Fsp3) is 0.357. The predicted octanol–water partition coefficient (Wildman–Crippen LogP) is 2.07. The molecule has 0 spiro atoms. The third-order valence-electron chi connectivity index (χ3n) is 3.63. The lowest BCUT2D eigenvalue weighted by atomic mass is 10.1. The van der Waals surface area contributed by atoms with Gasteiger partial charge in [0.15, 0.2) is 9.84 Å². The van der Waals surface area contributed by atoms with E-state index in [0.717, 1.165) is 12.3 Å². The number of benzene rings is 1. The van der Waals surface area contributed by atoms with E-state index >= 15 is 0 Å². The largest absolute Gasteiger partial charge is 0.418 e. The fourth-order valence-electron chi connectivity index (χ4n) is 2.69. The van der Waals surface area contributed by atoms with E-state index in [-0.39, 0.29) is 22.3 Å². The molecule has 0 unspecified atom stereocenters. The number of sulfone groups is 1. The Morgan fingerprint density at radius 3 is 2.65 bits per heavy atom. The number of hydrogen-bond donors (Lipinski definition) is 1. The van der Waals surface area contributed by atoms with Crippen molar-refractivity contribution in [1.29, 1.82) is 0 Å². The molecule has 0 bridgehead atoms. The van der Waals surface area contributed by atoms with Gasteiger partial charge in [0.1, 0.15) is 5.84 Å². The normalized spacial score (nSPS) is 15.7. The second kappa shape index (κ2) is 5.26. The molecule has 2 heterocycles. The summed E-state index contributed by atoms with van der Waals surface area (Å²) in [6, 6.07) is 3.56. The molecule has 3 rings (SSSR count). The summed E-state index contributed by atoms with van der Waals surface area (Å²) in [5.41, 5.74) is -1.000. The average molecular weight is 345 g/mol. The summed E-state index contributed by atoms with van der Waals surface area (Å²) in [6.45, 7) is 1.25. The molecular weight excluding hydrogens is 331 g/mol. The van der Waals surface area contributed by atoms with Crippen LogP contribution in [0.5, 0.6) is 0 Å². The first-order chi connectivity index (χ1) is 10.7. The molecule has 0 fully saturated rings. The van der Waals surface area contributed by atoms with Gasteiger partial charge in [0.2, 0.25) is 0 Å². The topological polar surface area (TPSA) is 63.5 Å². The van der Waals surface area contributed by atoms with Crippen LogP contribution in [0.1, 0.15) is 5.56 Å². The zero-order valence-electron chi connectivity index (χ0n) is 12.2. The molecule has 1 aliphatic heterocycles. The first-order valence-electron chi connectivity index (χ1n) is 6.84. The first kappa shape index (κ1) is 15.9. The van der Waals surface area contributed by atoms with Crippen LogP contribution in [0.25, 0.3) is 10.9 Å². The number of fused-ring (bicyclic) bond motifs is 1. The van der Waals surface area contributed by atoms with Crippen molar-refractivity contribution in [2.45, 2.75) is 17.6 Å². The van der Waals surface area contributed by atoms with E-state index in [1.165, 1.54) is 22.9 Å². The monoisotopic (exact) mass is 345 g/mol. The third-order valence-corrected chi connectivity index (χ3v) is 4.75. The second-order valence-corrected chi connectivity index (χ2v) is 7.33. The molecule has 1 N–H and O–H groups in total. The predicted molar refractivity (Wildman–Crippen MR) is 80.4 cm³/mol. The second-order valence-electron chi connectivity index (χ2n) is 5.35. The van der Waals surface area contributed by atoms with E-state index in [1.54, 1.807) is 0 Å². The SMILES string of the molecule is CS(=O)(=O)c1cn(CC2=NCCN2)c2c(C(F)(F)F)cccc12. The van der Waals surface area contributed by atoms with Gasteiger partial charge >= 0.3 is 6.18 Å². The first-order valence-corrected chi connectivity index (χ1v) is 8.73. The van der Waals surface area contributed by atoms with Crippen LogP contribution in [0.15, 0.2) is 34.3 Å². The summed E-state index contributed by atoms with van der Waals surface area (Å²) in [5, 5.41) is 3.04. The smallest absolute Gasteiger partial charge is 0.370 e. The van der Waals surface area contributed by atoms with Crippen LogP contribution in [-0.2, 0) is 22.6 Å². The molecule has 124 valence electrons. The van der Waals surface area contributed by atoms with Crippen molar-refractivity contribution >= 4 is 26.6 Å². The van der Waals surface area contributed by atoms with Crippen molar-refractivity contribution in [3.8, 4) is 0 Å². The number of halogens is 3. The van der Waals surface area contributed by atoms with E-state index in [2.05, 4.69) is 10.3 Å². The number of nitrogens with zero attached hydrogens (tertiary/aromatic N) is 2. The van der Waals surface area contributed by atoms with Crippen molar-refractivity contribution in [3.05, 3.63) is 30.0 Å². The quantitative estimate of drug-likeness (QED) is 0.926. The molecule has 0 amide bonds. The van der Waals surface area contributed by atoms with E-state index in [4.69, 9.17) is 0 Å². The van der Waals surface area contributed by atoms with E-state index in [9.17, 15) is 21.6 Å². The Morgan fingerprint density at radius 2 is 2.09 bits per heavy atom. The summed E-state index contributed by atoms with van der Waals surface area (Å²) >= 11 is 0. The Labute approximate surface area is 130 Å². The van der Waals surface area contributed by atoms with Crippen molar-refractivity contribution in [1.82, 2.24) is 9.88 Å². The molecule has 0 saturated carbocycles. The zero-order chi connectivity index (χ0) is 16.8. The van der Waals surface area contributed by atoms with Crippen molar-refractivity contribution in [2.75, 3.05) is 19.3 Å². The molecule has 0 saturated heterocycles. The molecule has 2 aromatic rings. The summed E-state index contributed by atoms with van der Waals surface area (Å²) in [6.07, 6.45) is -2.34. The fourth-order valence-corrected chi connectivity index (χ4v) is 3.57. The van der Waals surface area contributed by atoms with Gasteiger partial charge in [-0.05, 0) is 6.07 Å². The van der Waals surface area contributed by atoms with Crippen LogP contribution in [0.4, 0.5) is 13.2 Å². The highest BCUT2D eigenvalue weighted by atomic mass is 32.2. The summed E-state index contributed by atoms with van der Waals surface area (Å²) in [4.78, 5) is 4.04. The minimum atomic E-state index is -4.57. The molecule has 1 aliphatic rings. The molecule has 5 nitrogen and oxygen atoms in total. The Hall–Kier alpha value is -2.03. The van der Waals surface area contributed by atoms with Gasteiger partial charge in [-0.3, -0.25) is 4.99 Å². The van der Waals surface area contributed by atoms with Gasteiger partial charge in [-0.2, -0.15) is 13.2 Å². The number of nitrogens with one attached hydrogen (secondary N) is 1. The molecule has 1 aromatic carbocycles. The van der Waals surface area contributed by atoms with Gasteiger partial charge in [0.25, 0.3) is 0 Å². The van der Waals surface area contributed by atoms with Crippen molar-refractivity contribution in [2.24, 2.45) is 4.99 Å². The highest BCUT2D eigenvalue weighted by Crippen LogP contribution is 2.37. The van der Waals surface area contributed by atoms with Gasteiger partial charge in [-0.15, -0.1) is 0 Å². The van der Waals surface area contributed by atoms with Crippen LogP contribution in [0.3, 0.4) is 0 Å². The van der Waals surface area contributed by atoms with Crippen molar-refractivity contribution in [3.63, 3.8) is 0 Å². The number of aliphatic imine (C=N–C) groups is 1. The number of hydrogen-bond acceptors (Lipinski definition) is 4. The molecule has 0 radical (unpaired) electrons. The van der Waals surface area contributed by atoms with Crippen LogP contribution in [0.2, 0.25) is 0 Å². The maximum atomic E-state index is 13.3. The summed E-state index contributed by atoms with van der Waals surface area (Å²) in [7, 11) is -3.65. The zero-order valence-corrected chi connectivity index (χ0v) is 13.0. The summed E-state index contributed by atoms with van der Waals surface area (Å²) in [5.74, 6) is 0.541. The Kier molecular flexibility index (Phi) is 3.62. The van der Waals surface area contributed by atoms with Crippen LogP contribution in [-0.4, -0.2) is 38.2 Å². The lowest BCUT2D eigenvalue weighted by molar-refractivity contribution is -0.136. The Morgan fingerprint density at radius 1 is 1.35 bits per heavy atom. The molecule has 1 aromatic heterocycles. The number of para-hydroxylation sites is 1. The average Bonchev–Trinajstić information content (AvgIpc) is 3.05. The molecular formula is C14H14F3N3O2S. The highest BCUT2D eigenvalue weighted by Gasteiger charge is 2.35.